The largest absolute Gasteiger partial charge is 0.478 e. The summed E-state index contributed by atoms with van der Waals surface area (Å²) < 4.78 is 12.8. The number of fused-ring (bicyclic) bond motifs is 5. The lowest BCUT2D eigenvalue weighted by molar-refractivity contribution is 0.267. The van der Waals surface area contributed by atoms with E-state index < -0.39 is 0 Å². The molecule has 0 bridgehead atoms. The van der Waals surface area contributed by atoms with Crippen LogP contribution in [0.1, 0.15) is 5.89 Å². The van der Waals surface area contributed by atoms with Gasteiger partial charge in [0.1, 0.15) is 10.4 Å². The second-order valence-electron chi connectivity index (χ2n) is 6.93. The molecule has 6 heteroatoms. The van der Waals surface area contributed by atoms with Gasteiger partial charge in [0.2, 0.25) is 11.3 Å². The van der Waals surface area contributed by atoms with Crippen molar-refractivity contribution in [2.75, 3.05) is 0 Å². The Morgan fingerprint density at radius 1 is 0.833 bits per heavy atom. The fourth-order valence-electron chi connectivity index (χ4n) is 3.66. The van der Waals surface area contributed by atoms with Crippen molar-refractivity contribution in [2.24, 2.45) is 0 Å². The highest BCUT2D eigenvalue weighted by Gasteiger charge is 2.22. The minimum Gasteiger partial charge on any atom is -0.478 e. The van der Waals surface area contributed by atoms with E-state index in [1.807, 2.05) is 72.8 Å². The predicted molar refractivity (Wildman–Crippen MR) is 118 cm³/mol. The molecule has 0 saturated carbocycles. The Balaban J connectivity index is 1.55. The van der Waals surface area contributed by atoms with Crippen molar-refractivity contribution in [1.29, 1.82) is 0 Å². The average molecular weight is 410 g/mol. The smallest absolute Gasteiger partial charge is 0.233 e. The van der Waals surface area contributed by atoms with Crippen LogP contribution in [0.25, 0.3) is 42.7 Å². The molecule has 0 spiro atoms. The summed E-state index contributed by atoms with van der Waals surface area (Å²) in [5, 5.41) is 1.42. The molecule has 1 aromatic heterocycles. The van der Waals surface area contributed by atoms with Crippen LogP contribution in [0.5, 0.6) is 5.75 Å². The Morgan fingerprint density at radius 2 is 1.57 bits per heavy atom. The molecule has 0 N–H and O–H groups in total. The van der Waals surface area contributed by atoms with Crippen molar-refractivity contribution in [3.8, 4) is 16.3 Å². The van der Waals surface area contributed by atoms with E-state index in [9.17, 15) is 4.79 Å². The lowest BCUT2D eigenvalue weighted by atomic mass is 10.0. The lowest BCUT2D eigenvalue weighted by Gasteiger charge is -2.14. The molecular weight excluding hydrogens is 396 g/mol. The van der Waals surface area contributed by atoms with Gasteiger partial charge in [-0.15, -0.1) is 11.3 Å². The summed E-state index contributed by atoms with van der Waals surface area (Å²) in [6.07, 6.45) is 0. The van der Waals surface area contributed by atoms with Crippen LogP contribution in [0.4, 0.5) is 0 Å². The number of nitrogens with zero attached hydrogens (tertiary/aromatic N) is 2. The first-order valence-electron chi connectivity index (χ1n) is 9.49. The Labute approximate surface area is 174 Å². The lowest BCUT2D eigenvalue weighted by Crippen LogP contribution is -2.11. The number of ether oxygens (including phenoxy) is 1. The van der Waals surface area contributed by atoms with Crippen LogP contribution in [-0.4, -0.2) is 9.97 Å². The molecule has 1 aliphatic carbocycles. The summed E-state index contributed by atoms with van der Waals surface area (Å²) in [5.41, 5.74) is 2.96. The van der Waals surface area contributed by atoms with Gasteiger partial charge in [-0.1, -0.05) is 48.5 Å². The fourth-order valence-corrected chi connectivity index (χ4v) is 4.74. The van der Waals surface area contributed by atoms with Gasteiger partial charge in [0.15, 0.2) is 17.9 Å². The summed E-state index contributed by atoms with van der Waals surface area (Å²) in [6.45, 7) is 0.0664. The SMILES string of the molecule is O=c1c(OCc2nc3ccccc3o2)c2sc3ccccc3nc-2c2ccccc12. The van der Waals surface area contributed by atoms with Crippen LogP contribution in [-0.2, 0) is 6.61 Å². The van der Waals surface area contributed by atoms with Gasteiger partial charge < -0.3 is 9.15 Å². The summed E-state index contributed by atoms with van der Waals surface area (Å²) in [6, 6.07) is 22.9. The van der Waals surface area contributed by atoms with E-state index >= 15 is 0 Å². The monoisotopic (exact) mass is 410 g/mol. The van der Waals surface area contributed by atoms with E-state index in [0.29, 0.717) is 16.9 Å². The van der Waals surface area contributed by atoms with Crippen LogP contribution in [0.2, 0.25) is 0 Å². The van der Waals surface area contributed by atoms with Crippen LogP contribution in [0, 0.1) is 0 Å². The molecule has 0 atom stereocenters. The first-order chi connectivity index (χ1) is 14.8. The van der Waals surface area contributed by atoms with Gasteiger partial charge in [-0.3, -0.25) is 4.79 Å². The quantitative estimate of drug-likeness (QED) is 0.279. The van der Waals surface area contributed by atoms with Crippen LogP contribution in [0.15, 0.2) is 82.0 Å². The van der Waals surface area contributed by atoms with Crippen molar-refractivity contribution in [3.63, 3.8) is 0 Å². The maximum absolute atomic E-state index is 13.3. The zero-order valence-corrected chi connectivity index (χ0v) is 16.5. The first-order valence-corrected chi connectivity index (χ1v) is 10.3. The highest BCUT2D eigenvalue weighted by molar-refractivity contribution is 7.21. The molecule has 0 radical (unpaired) electrons. The van der Waals surface area contributed by atoms with Gasteiger partial charge >= 0.3 is 0 Å². The van der Waals surface area contributed by atoms with Gasteiger partial charge in [0, 0.05) is 10.8 Å². The standard InChI is InChI=1S/C24H14N2O3S/c27-22-15-8-2-1-7-14(15)21-24(30-19-12-6-4-10-17(19)26-21)23(22)28-13-20-25-16-9-3-5-11-18(16)29-20/h1-12H,13H2. The van der Waals surface area contributed by atoms with Crippen LogP contribution < -0.4 is 10.2 Å². The van der Waals surface area contributed by atoms with Crippen molar-refractivity contribution in [2.45, 2.75) is 6.61 Å². The highest BCUT2D eigenvalue weighted by Crippen LogP contribution is 2.40. The molecule has 6 rings (SSSR count). The third-order valence-electron chi connectivity index (χ3n) is 5.04. The first kappa shape index (κ1) is 17.1. The average Bonchev–Trinajstić information content (AvgIpc) is 3.21. The Kier molecular flexibility index (Phi) is 3.79. The third-order valence-corrected chi connectivity index (χ3v) is 6.19. The van der Waals surface area contributed by atoms with Gasteiger partial charge in [0.05, 0.1) is 15.9 Å². The topological polar surface area (TPSA) is 65.2 Å². The molecule has 1 aliphatic heterocycles. The minimum atomic E-state index is -0.150. The zero-order chi connectivity index (χ0) is 20.1. The molecule has 3 aromatic carbocycles. The van der Waals surface area contributed by atoms with E-state index in [1.54, 1.807) is 0 Å². The molecule has 0 amide bonds. The van der Waals surface area contributed by atoms with Crippen molar-refractivity contribution in [3.05, 3.63) is 88.9 Å². The molecule has 30 heavy (non-hydrogen) atoms. The van der Waals surface area contributed by atoms with Gasteiger partial charge in [-0.25, -0.2) is 9.97 Å². The second-order valence-corrected chi connectivity index (χ2v) is 7.98. The molecule has 144 valence electrons. The normalized spacial score (nSPS) is 11.6. The molecule has 0 fully saturated rings. The van der Waals surface area contributed by atoms with Gasteiger partial charge in [-0.2, -0.15) is 0 Å². The summed E-state index contributed by atoms with van der Waals surface area (Å²) >= 11 is 1.51. The van der Waals surface area contributed by atoms with Crippen LogP contribution in [0.3, 0.4) is 0 Å². The van der Waals surface area contributed by atoms with Gasteiger partial charge in [-0.05, 0) is 24.3 Å². The van der Waals surface area contributed by atoms with Crippen molar-refractivity contribution in [1.82, 2.24) is 9.97 Å². The summed E-state index contributed by atoms with van der Waals surface area (Å²) in [5.74, 6) is 0.713. The Morgan fingerprint density at radius 3 is 2.43 bits per heavy atom. The highest BCUT2D eigenvalue weighted by atomic mass is 32.1. The Hall–Kier alpha value is -3.77. The zero-order valence-electron chi connectivity index (χ0n) is 15.7. The predicted octanol–water partition coefficient (Wildman–Crippen LogP) is 5.63. The van der Waals surface area contributed by atoms with Crippen molar-refractivity contribution < 1.29 is 9.15 Å². The maximum atomic E-state index is 13.3. The maximum Gasteiger partial charge on any atom is 0.233 e. The molecule has 0 saturated heterocycles. The molecule has 0 unspecified atom stereocenters. The van der Waals surface area contributed by atoms with E-state index in [4.69, 9.17) is 14.1 Å². The van der Waals surface area contributed by atoms with E-state index in [1.165, 1.54) is 11.3 Å². The summed E-state index contributed by atoms with van der Waals surface area (Å²) in [4.78, 5) is 23.3. The number of rotatable bonds is 3. The van der Waals surface area contributed by atoms with E-state index in [-0.39, 0.29) is 17.8 Å². The van der Waals surface area contributed by atoms with E-state index in [2.05, 4.69) is 4.98 Å². The van der Waals surface area contributed by atoms with Crippen molar-refractivity contribution >= 4 is 43.4 Å². The molecular formula is C24H14N2O3S. The number of hydrogen-bond donors (Lipinski definition) is 0. The molecule has 5 nitrogen and oxygen atoms in total. The number of para-hydroxylation sites is 3. The third kappa shape index (κ3) is 2.65. The fraction of sp³-hybridized carbons (Fsp3) is 0.0417. The number of benzene rings is 4. The number of aromatic nitrogens is 2. The molecule has 4 aromatic rings. The number of hydrogen-bond acceptors (Lipinski definition) is 6. The number of oxazole rings is 1. The summed E-state index contributed by atoms with van der Waals surface area (Å²) in [7, 11) is 0. The Bertz CT molecular complexity index is 1550. The molecule has 2 aliphatic rings. The molecule has 2 heterocycles. The second kappa shape index (κ2) is 6.64. The minimum absolute atomic E-state index is 0.0664. The van der Waals surface area contributed by atoms with Gasteiger partial charge in [0.25, 0.3) is 0 Å². The van der Waals surface area contributed by atoms with E-state index in [0.717, 1.165) is 31.7 Å². The van der Waals surface area contributed by atoms with Crippen LogP contribution >= 0.6 is 11.3 Å².